The third kappa shape index (κ3) is 2.61. The van der Waals surface area contributed by atoms with E-state index in [1.54, 1.807) is 0 Å². The lowest BCUT2D eigenvalue weighted by Crippen LogP contribution is -2.49. The Morgan fingerprint density at radius 2 is 1.57 bits per heavy atom. The van der Waals surface area contributed by atoms with Gasteiger partial charge in [0.1, 0.15) is 0 Å². The molecular formula is C19H23NO. The van der Waals surface area contributed by atoms with Crippen LogP contribution in [-0.2, 0) is 5.60 Å². The van der Waals surface area contributed by atoms with Crippen LogP contribution in [0.1, 0.15) is 30.5 Å². The largest absolute Gasteiger partial charge is 0.385 e. The molecule has 0 aliphatic carbocycles. The van der Waals surface area contributed by atoms with Crippen molar-refractivity contribution in [3.05, 3.63) is 71.8 Å². The summed E-state index contributed by atoms with van der Waals surface area (Å²) in [6, 6.07) is 20.9. The lowest BCUT2D eigenvalue weighted by atomic mass is 9.73. The summed E-state index contributed by atoms with van der Waals surface area (Å²) in [5, 5.41) is 11.3. The molecule has 1 saturated heterocycles. The van der Waals surface area contributed by atoms with Gasteiger partial charge in [0.05, 0.1) is 5.60 Å². The molecule has 1 fully saturated rings. The Morgan fingerprint density at radius 1 is 1.00 bits per heavy atom. The third-order valence-electron chi connectivity index (χ3n) is 4.87. The molecule has 21 heavy (non-hydrogen) atoms. The molecule has 0 saturated carbocycles. The molecule has 0 spiro atoms. The summed E-state index contributed by atoms with van der Waals surface area (Å²) in [4.78, 5) is 2.36. The number of nitrogens with zero attached hydrogens (tertiary/aromatic N) is 1. The first-order valence-corrected chi connectivity index (χ1v) is 7.64. The Bertz CT molecular complexity index is 583. The van der Waals surface area contributed by atoms with Crippen molar-refractivity contribution in [1.82, 2.24) is 4.90 Å². The Morgan fingerprint density at radius 3 is 2.19 bits per heavy atom. The molecule has 0 radical (unpaired) electrons. The highest BCUT2D eigenvalue weighted by molar-refractivity contribution is 5.27. The van der Waals surface area contributed by atoms with E-state index in [1.807, 2.05) is 36.4 Å². The minimum Gasteiger partial charge on any atom is -0.385 e. The van der Waals surface area contributed by atoms with Crippen LogP contribution in [0.25, 0.3) is 0 Å². The molecule has 1 N–H and O–H groups in total. The smallest absolute Gasteiger partial charge is 0.0952 e. The van der Waals surface area contributed by atoms with E-state index >= 15 is 0 Å². The maximum absolute atomic E-state index is 11.3. The average Bonchev–Trinajstić information content (AvgIpc) is 2.53. The van der Waals surface area contributed by atoms with Crippen molar-refractivity contribution in [2.45, 2.75) is 25.0 Å². The Labute approximate surface area is 127 Å². The maximum atomic E-state index is 11.3. The van der Waals surface area contributed by atoms with Crippen molar-refractivity contribution in [3.8, 4) is 0 Å². The summed E-state index contributed by atoms with van der Waals surface area (Å²) < 4.78 is 0. The zero-order chi connectivity index (χ0) is 14.9. The number of hydrogen-bond acceptors (Lipinski definition) is 2. The van der Waals surface area contributed by atoms with E-state index < -0.39 is 5.60 Å². The van der Waals surface area contributed by atoms with Crippen LogP contribution in [-0.4, -0.2) is 23.6 Å². The van der Waals surface area contributed by atoms with Crippen LogP contribution in [0.3, 0.4) is 0 Å². The van der Waals surface area contributed by atoms with Crippen molar-refractivity contribution >= 4 is 0 Å². The molecule has 1 aliphatic rings. The van der Waals surface area contributed by atoms with Gasteiger partial charge in [0.25, 0.3) is 0 Å². The van der Waals surface area contributed by atoms with Gasteiger partial charge in [0.2, 0.25) is 0 Å². The quantitative estimate of drug-likeness (QED) is 0.909. The molecule has 2 aromatic rings. The number of aliphatic hydroxyl groups is 1. The minimum absolute atomic E-state index is 0.213. The molecule has 2 nitrogen and oxygen atoms in total. The van der Waals surface area contributed by atoms with Gasteiger partial charge in [-0.15, -0.1) is 0 Å². The normalized spacial score (nSPS) is 30.2. The highest BCUT2D eigenvalue weighted by atomic mass is 16.3. The number of likely N-dealkylation sites (tertiary alicyclic amines) is 1. The molecule has 3 atom stereocenters. The molecule has 0 amide bonds. The number of piperidine rings is 1. The van der Waals surface area contributed by atoms with Gasteiger partial charge in [0, 0.05) is 24.9 Å². The van der Waals surface area contributed by atoms with Crippen molar-refractivity contribution < 1.29 is 5.11 Å². The third-order valence-corrected chi connectivity index (χ3v) is 4.87. The van der Waals surface area contributed by atoms with Gasteiger partial charge in [-0.25, -0.2) is 0 Å². The van der Waals surface area contributed by atoms with Crippen LogP contribution in [0.15, 0.2) is 60.7 Å². The fourth-order valence-corrected chi connectivity index (χ4v) is 3.54. The second-order valence-corrected chi connectivity index (χ2v) is 6.26. The zero-order valence-electron chi connectivity index (χ0n) is 12.7. The van der Waals surface area contributed by atoms with Crippen LogP contribution in [0, 0.1) is 5.92 Å². The molecule has 2 aromatic carbocycles. The van der Waals surface area contributed by atoms with E-state index in [-0.39, 0.29) is 12.0 Å². The first kappa shape index (κ1) is 14.3. The first-order chi connectivity index (χ1) is 10.1. The molecule has 3 rings (SSSR count). The van der Waals surface area contributed by atoms with Gasteiger partial charge in [-0.05, 0) is 18.2 Å². The summed E-state index contributed by atoms with van der Waals surface area (Å²) in [5.74, 6) is 0.213. The molecule has 1 heterocycles. The number of benzene rings is 2. The molecular weight excluding hydrogens is 258 g/mol. The summed E-state index contributed by atoms with van der Waals surface area (Å²) in [6.07, 6.45) is 0.735. The van der Waals surface area contributed by atoms with E-state index in [2.05, 4.69) is 43.1 Å². The van der Waals surface area contributed by atoms with Crippen molar-refractivity contribution in [2.24, 2.45) is 5.92 Å². The van der Waals surface area contributed by atoms with E-state index in [1.165, 1.54) is 5.56 Å². The highest BCUT2D eigenvalue weighted by Gasteiger charge is 2.43. The zero-order valence-corrected chi connectivity index (χ0v) is 12.7. The molecule has 2 heteroatoms. The Balaban J connectivity index is 1.96. The molecule has 110 valence electrons. The molecule has 0 unspecified atom stereocenters. The summed E-state index contributed by atoms with van der Waals surface area (Å²) in [7, 11) is 2.15. The minimum atomic E-state index is -0.756. The highest BCUT2D eigenvalue weighted by Crippen LogP contribution is 2.44. The number of rotatable bonds is 2. The SMILES string of the molecule is C[C@@H]1CN(C)[C@@H](c2ccccc2)C[C@]1(O)c1ccccc1. The number of hydrogen-bond donors (Lipinski definition) is 1. The maximum Gasteiger partial charge on any atom is 0.0952 e. The predicted molar refractivity (Wildman–Crippen MR) is 85.9 cm³/mol. The van der Waals surface area contributed by atoms with E-state index in [4.69, 9.17) is 0 Å². The predicted octanol–water partition coefficient (Wildman–Crippen LogP) is 3.59. The van der Waals surface area contributed by atoms with E-state index in [9.17, 15) is 5.11 Å². The Kier molecular flexibility index (Phi) is 3.83. The van der Waals surface area contributed by atoms with Crippen molar-refractivity contribution in [1.29, 1.82) is 0 Å². The van der Waals surface area contributed by atoms with Crippen molar-refractivity contribution in [3.63, 3.8) is 0 Å². The second kappa shape index (κ2) is 5.63. The fraction of sp³-hybridized carbons (Fsp3) is 0.368. The molecule has 0 aromatic heterocycles. The van der Waals surface area contributed by atoms with E-state index in [0.29, 0.717) is 0 Å². The summed E-state index contributed by atoms with van der Waals surface area (Å²) in [5.41, 5.74) is 1.56. The van der Waals surface area contributed by atoms with Gasteiger partial charge in [0.15, 0.2) is 0 Å². The van der Waals surface area contributed by atoms with Crippen LogP contribution >= 0.6 is 0 Å². The van der Waals surface area contributed by atoms with E-state index in [0.717, 1.165) is 18.5 Å². The van der Waals surface area contributed by atoms with Crippen molar-refractivity contribution in [2.75, 3.05) is 13.6 Å². The van der Waals surface area contributed by atoms with Crippen LogP contribution in [0.5, 0.6) is 0 Å². The lowest BCUT2D eigenvalue weighted by Gasteiger charge is -2.47. The standard InChI is InChI=1S/C19H23NO/c1-15-14-20(2)18(16-9-5-3-6-10-16)13-19(15,21)17-11-7-4-8-12-17/h3-12,15,18,21H,13-14H2,1-2H3/t15-,18-,19-/m1/s1. The van der Waals surface area contributed by atoms with Gasteiger partial charge in [-0.2, -0.15) is 0 Å². The molecule has 0 bridgehead atoms. The van der Waals surface area contributed by atoms with Gasteiger partial charge in [-0.1, -0.05) is 67.6 Å². The Hall–Kier alpha value is -1.64. The van der Waals surface area contributed by atoms with Crippen LogP contribution < -0.4 is 0 Å². The van der Waals surface area contributed by atoms with Gasteiger partial charge < -0.3 is 5.11 Å². The second-order valence-electron chi connectivity index (χ2n) is 6.26. The molecule has 1 aliphatic heterocycles. The van der Waals surface area contributed by atoms with Crippen LogP contribution in [0.2, 0.25) is 0 Å². The van der Waals surface area contributed by atoms with Crippen LogP contribution in [0.4, 0.5) is 0 Å². The first-order valence-electron chi connectivity index (χ1n) is 7.64. The van der Waals surface area contributed by atoms with Gasteiger partial charge in [-0.3, -0.25) is 4.90 Å². The average molecular weight is 281 g/mol. The fourth-order valence-electron chi connectivity index (χ4n) is 3.54. The van der Waals surface area contributed by atoms with Gasteiger partial charge >= 0.3 is 0 Å². The monoisotopic (exact) mass is 281 g/mol. The summed E-state index contributed by atoms with van der Waals surface area (Å²) >= 11 is 0. The topological polar surface area (TPSA) is 23.5 Å². The summed E-state index contributed by atoms with van der Waals surface area (Å²) in [6.45, 7) is 3.04. The lowest BCUT2D eigenvalue weighted by molar-refractivity contribution is -0.0889.